The summed E-state index contributed by atoms with van der Waals surface area (Å²) in [6.07, 6.45) is 1.51. The van der Waals surface area contributed by atoms with Crippen LogP contribution in [0.15, 0.2) is 138 Å². The van der Waals surface area contributed by atoms with Crippen LogP contribution in [0.4, 0.5) is 11.4 Å². The topological polar surface area (TPSA) is 77.4 Å². The lowest BCUT2D eigenvalue weighted by Gasteiger charge is -2.25. The molecule has 5 heteroatoms. The zero-order chi connectivity index (χ0) is 26.9. The van der Waals surface area contributed by atoms with Crippen LogP contribution in [0.5, 0.6) is 0 Å². The van der Waals surface area contributed by atoms with Gasteiger partial charge in [-0.2, -0.15) is 5.26 Å². The van der Waals surface area contributed by atoms with Crippen LogP contribution in [0.3, 0.4) is 0 Å². The monoisotopic (exact) mass is 507 g/mol. The van der Waals surface area contributed by atoms with Crippen LogP contribution in [-0.4, -0.2) is 11.2 Å². The van der Waals surface area contributed by atoms with E-state index in [0.29, 0.717) is 12.1 Å². The van der Waals surface area contributed by atoms with Crippen LogP contribution in [0.25, 0.3) is 11.1 Å². The summed E-state index contributed by atoms with van der Waals surface area (Å²) in [7, 11) is 0. The Hall–Kier alpha value is -5.02. The molecule has 5 nitrogen and oxygen atoms in total. The molecule has 190 valence electrons. The molecule has 5 aromatic carbocycles. The number of rotatable bonds is 9. The molecular weight excluding hydrogens is 478 g/mol. The van der Waals surface area contributed by atoms with Crippen LogP contribution in [0.1, 0.15) is 28.4 Å². The number of anilines is 2. The average molecular weight is 508 g/mol. The largest absolute Gasteiger partial charge is 0.355 e. The molecule has 0 aliphatic carbocycles. The second kappa shape index (κ2) is 12.5. The molecule has 5 rings (SSSR count). The van der Waals surface area contributed by atoms with Crippen molar-refractivity contribution in [2.75, 3.05) is 5.32 Å². The van der Waals surface area contributed by atoms with Crippen molar-refractivity contribution in [3.8, 4) is 17.2 Å². The third kappa shape index (κ3) is 6.65. The van der Waals surface area contributed by atoms with Gasteiger partial charge in [-0.3, -0.25) is 10.8 Å². The molecule has 0 bridgehead atoms. The molecule has 0 amide bonds. The number of hydrogen-bond donors (Lipinski definition) is 2. The van der Waals surface area contributed by atoms with Crippen molar-refractivity contribution in [2.24, 2.45) is 10.8 Å². The van der Waals surface area contributed by atoms with Gasteiger partial charge in [-0.25, -0.2) is 5.01 Å². The van der Waals surface area contributed by atoms with Crippen molar-refractivity contribution in [1.29, 1.82) is 5.26 Å². The number of hydrogen-bond acceptors (Lipinski definition) is 5. The molecule has 0 saturated heterocycles. The van der Waals surface area contributed by atoms with Crippen molar-refractivity contribution < 1.29 is 0 Å². The summed E-state index contributed by atoms with van der Waals surface area (Å²) in [5.41, 5.74) is 7.69. The fraction of sp³-hybridized carbons (Fsp3) is 0.0588. The highest BCUT2D eigenvalue weighted by Crippen LogP contribution is 2.31. The number of benzene rings is 5. The van der Waals surface area contributed by atoms with Gasteiger partial charge in [0.2, 0.25) is 0 Å². The van der Waals surface area contributed by atoms with Crippen molar-refractivity contribution in [2.45, 2.75) is 12.7 Å². The fourth-order valence-corrected chi connectivity index (χ4v) is 4.43. The van der Waals surface area contributed by atoms with Gasteiger partial charge in [-0.1, -0.05) is 103 Å². The Morgan fingerprint density at radius 1 is 0.795 bits per heavy atom. The summed E-state index contributed by atoms with van der Waals surface area (Å²) in [6, 6.07) is 46.3. The summed E-state index contributed by atoms with van der Waals surface area (Å²) >= 11 is 0. The maximum absolute atomic E-state index is 9.32. The first-order valence-electron chi connectivity index (χ1n) is 12.8. The third-order valence-corrected chi connectivity index (χ3v) is 6.40. The van der Waals surface area contributed by atoms with Gasteiger partial charge in [0.25, 0.3) is 0 Å². The smallest absolute Gasteiger partial charge is 0.140 e. The molecule has 0 aliphatic rings. The number of aliphatic imine (C=N–C) groups is 1. The molecule has 3 N–H and O–H groups in total. The number of nitrogens with zero attached hydrogens (tertiary/aromatic N) is 3. The SMILES string of the molecule is N#Cc1cccc(-c2ccccc2Nc2ccc(C(/N=C/c3ccccc3)N(N)Cc3ccccc3)cc2)c1. The highest BCUT2D eigenvalue weighted by Gasteiger charge is 2.17. The number of nitrogens with two attached hydrogens (primary N) is 1. The van der Waals surface area contributed by atoms with Gasteiger partial charge in [0, 0.05) is 29.7 Å². The van der Waals surface area contributed by atoms with E-state index in [4.69, 9.17) is 10.8 Å². The number of nitrogens with one attached hydrogen (secondary N) is 1. The van der Waals surface area contributed by atoms with E-state index in [2.05, 4.69) is 41.7 Å². The van der Waals surface area contributed by atoms with E-state index in [-0.39, 0.29) is 6.17 Å². The molecule has 0 fully saturated rings. The van der Waals surface area contributed by atoms with Crippen LogP contribution >= 0.6 is 0 Å². The Morgan fingerprint density at radius 3 is 2.23 bits per heavy atom. The lowest BCUT2D eigenvalue weighted by Crippen LogP contribution is -2.34. The normalized spacial score (nSPS) is 11.8. The fourth-order valence-electron chi connectivity index (χ4n) is 4.43. The molecule has 0 spiro atoms. The Balaban J connectivity index is 1.40. The first kappa shape index (κ1) is 25.6. The lowest BCUT2D eigenvalue weighted by molar-refractivity contribution is 0.199. The molecule has 0 radical (unpaired) electrons. The molecular formula is C34H29N5. The first-order valence-corrected chi connectivity index (χ1v) is 12.8. The highest BCUT2D eigenvalue weighted by molar-refractivity contribution is 5.82. The zero-order valence-corrected chi connectivity index (χ0v) is 21.5. The van der Waals surface area contributed by atoms with E-state index in [9.17, 15) is 5.26 Å². The van der Waals surface area contributed by atoms with Crippen LogP contribution < -0.4 is 11.2 Å². The predicted octanol–water partition coefficient (Wildman–Crippen LogP) is 7.46. The summed E-state index contributed by atoms with van der Waals surface area (Å²) in [6.45, 7) is 0.562. The Morgan fingerprint density at radius 2 is 1.49 bits per heavy atom. The molecule has 0 aliphatic heterocycles. The maximum Gasteiger partial charge on any atom is 0.140 e. The quantitative estimate of drug-likeness (QED) is 0.123. The first-order chi connectivity index (χ1) is 19.2. The minimum atomic E-state index is -0.361. The molecule has 0 heterocycles. The molecule has 5 aromatic rings. The zero-order valence-electron chi connectivity index (χ0n) is 21.5. The van der Waals surface area contributed by atoms with E-state index in [0.717, 1.165) is 39.2 Å². The van der Waals surface area contributed by atoms with Crippen molar-refractivity contribution in [3.63, 3.8) is 0 Å². The Labute approximate surface area is 229 Å². The van der Waals surface area contributed by atoms with Crippen molar-refractivity contribution in [3.05, 3.63) is 156 Å². The summed E-state index contributed by atoms with van der Waals surface area (Å²) in [4.78, 5) is 4.87. The average Bonchev–Trinajstić information content (AvgIpc) is 2.99. The van der Waals surface area contributed by atoms with Gasteiger partial charge >= 0.3 is 0 Å². The van der Waals surface area contributed by atoms with E-state index >= 15 is 0 Å². The lowest BCUT2D eigenvalue weighted by atomic mass is 10.0. The van der Waals surface area contributed by atoms with E-state index in [1.807, 2.05) is 109 Å². The molecule has 1 unspecified atom stereocenters. The van der Waals surface area contributed by atoms with Gasteiger partial charge in [0.05, 0.1) is 11.6 Å². The number of nitriles is 1. The van der Waals surface area contributed by atoms with Gasteiger partial charge in [-0.15, -0.1) is 0 Å². The standard InChI is InChI=1S/C34H29N5/c35-23-28-14-9-15-30(22-28)32-16-7-8-17-33(32)38-31-20-18-29(19-21-31)34(37-24-26-10-3-1-4-11-26)39(36)25-27-12-5-2-6-13-27/h1-22,24,34,38H,25,36H2/b37-24+. The summed E-state index contributed by atoms with van der Waals surface area (Å²) in [5.74, 6) is 6.60. The second-order valence-electron chi connectivity index (χ2n) is 9.21. The van der Waals surface area contributed by atoms with E-state index in [1.165, 1.54) is 0 Å². The van der Waals surface area contributed by atoms with Crippen molar-refractivity contribution >= 4 is 17.6 Å². The number of para-hydroxylation sites is 1. The van der Waals surface area contributed by atoms with Gasteiger partial charge in [0.15, 0.2) is 0 Å². The highest BCUT2D eigenvalue weighted by atomic mass is 15.5. The minimum absolute atomic E-state index is 0.361. The minimum Gasteiger partial charge on any atom is -0.355 e. The van der Waals surface area contributed by atoms with Gasteiger partial charge in [-0.05, 0) is 52.6 Å². The number of hydrazine groups is 1. The predicted molar refractivity (Wildman–Crippen MR) is 159 cm³/mol. The summed E-state index contributed by atoms with van der Waals surface area (Å²) < 4.78 is 0. The Kier molecular flexibility index (Phi) is 8.20. The van der Waals surface area contributed by atoms with Crippen LogP contribution in [0.2, 0.25) is 0 Å². The third-order valence-electron chi connectivity index (χ3n) is 6.40. The molecule has 0 aromatic heterocycles. The van der Waals surface area contributed by atoms with Gasteiger partial charge < -0.3 is 5.32 Å². The van der Waals surface area contributed by atoms with E-state index < -0.39 is 0 Å². The van der Waals surface area contributed by atoms with Crippen LogP contribution in [-0.2, 0) is 6.54 Å². The van der Waals surface area contributed by atoms with Gasteiger partial charge in [0.1, 0.15) is 6.17 Å². The molecule has 0 saturated carbocycles. The Bertz CT molecular complexity index is 1570. The summed E-state index contributed by atoms with van der Waals surface area (Å²) in [5, 5.41) is 14.6. The molecule has 1 atom stereocenters. The second-order valence-corrected chi connectivity index (χ2v) is 9.21. The van der Waals surface area contributed by atoms with Crippen molar-refractivity contribution in [1.82, 2.24) is 5.01 Å². The molecule has 39 heavy (non-hydrogen) atoms. The van der Waals surface area contributed by atoms with E-state index in [1.54, 1.807) is 5.01 Å². The van der Waals surface area contributed by atoms with Crippen LogP contribution in [0, 0.1) is 11.3 Å². The maximum atomic E-state index is 9.32.